The van der Waals surface area contributed by atoms with E-state index in [-0.39, 0.29) is 0 Å². The predicted octanol–water partition coefficient (Wildman–Crippen LogP) is 5.43. The van der Waals surface area contributed by atoms with Gasteiger partial charge in [0.15, 0.2) is 0 Å². The zero-order valence-electron chi connectivity index (χ0n) is 11.7. The zero-order chi connectivity index (χ0) is 13.4. The second-order valence-corrected chi connectivity index (χ2v) is 5.30. The molecule has 0 heteroatoms. The number of hydrogen-bond acceptors (Lipinski definition) is 0. The van der Waals surface area contributed by atoms with E-state index in [4.69, 9.17) is 0 Å². The van der Waals surface area contributed by atoms with E-state index in [2.05, 4.69) is 75.4 Å². The maximum atomic E-state index is 2.30. The number of benzene rings is 3. The summed E-state index contributed by atoms with van der Waals surface area (Å²) in [5, 5.41) is 2.65. The van der Waals surface area contributed by atoms with Gasteiger partial charge in [0.1, 0.15) is 0 Å². The maximum Gasteiger partial charge on any atom is -0.00734 e. The molecule has 0 atom stereocenters. The van der Waals surface area contributed by atoms with Crippen molar-refractivity contribution in [2.24, 2.45) is 0 Å². The quantitative estimate of drug-likeness (QED) is 0.537. The van der Waals surface area contributed by atoms with Gasteiger partial charge in [0.2, 0.25) is 0 Å². The first kappa shape index (κ1) is 12.0. The van der Waals surface area contributed by atoms with Gasteiger partial charge in [-0.2, -0.15) is 0 Å². The van der Waals surface area contributed by atoms with Crippen LogP contribution in [-0.4, -0.2) is 0 Å². The highest BCUT2D eigenvalue weighted by molar-refractivity contribution is 5.99. The Hall–Kier alpha value is -2.08. The van der Waals surface area contributed by atoms with Crippen LogP contribution in [0.2, 0.25) is 0 Å². The van der Waals surface area contributed by atoms with E-state index in [1.807, 2.05) is 0 Å². The van der Waals surface area contributed by atoms with E-state index in [0.29, 0.717) is 0 Å². The summed E-state index contributed by atoms with van der Waals surface area (Å²) >= 11 is 0. The third-order valence-corrected chi connectivity index (χ3v) is 3.80. The number of rotatable bonds is 1. The summed E-state index contributed by atoms with van der Waals surface area (Å²) in [6.45, 7) is 6.54. The first-order valence-electron chi connectivity index (χ1n) is 6.73. The van der Waals surface area contributed by atoms with Crippen LogP contribution in [-0.2, 0) is 0 Å². The smallest absolute Gasteiger partial charge is 0.00734 e. The Bertz CT molecular complexity index is 751. The highest BCUT2D eigenvalue weighted by Gasteiger charge is 2.09. The SMILES string of the molecule is Cc1ccc(C)c(-c2c(C)ccc3ccccc23)c1. The molecule has 3 aromatic carbocycles. The van der Waals surface area contributed by atoms with Gasteiger partial charge in [0.25, 0.3) is 0 Å². The van der Waals surface area contributed by atoms with Gasteiger partial charge in [0.05, 0.1) is 0 Å². The second-order valence-electron chi connectivity index (χ2n) is 5.30. The minimum Gasteiger partial charge on any atom is -0.0616 e. The van der Waals surface area contributed by atoms with E-state index in [1.54, 1.807) is 0 Å². The van der Waals surface area contributed by atoms with Crippen molar-refractivity contribution >= 4 is 10.8 Å². The largest absolute Gasteiger partial charge is 0.0616 e. The normalized spacial score (nSPS) is 10.9. The van der Waals surface area contributed by atoms with Gasteiger partial charge >= 0.3 is 0 Å². The fourth-order valence-corrected chi connectivity index (χ4v) is 2.74. The molecule has 0 spiro atoms. The van der Waals surface area contributed by atoms with Crippen molar-refractivity contribution < 1.29 is 0 Å². The molecule has 0 aliphatic rings. The molecule has 0 bridgehead atoms. The summed E-state index contributed by atoms with van der Waals surface area (Å²) in [5.41, 5.74) is 6.72. The molecule has 0 saturated carbocycles. The van der Waals surface area contributed by atoms with Crippen LogP contribution in [0.5, 0.6) is 0 Å². The fourth-order valence-electron chi connectivity index (χ4n) is 2.74. The van der Waals surface area contributed by atoms with Crippen LogP contribution in [0.15, 0.2) is 54.6 Å². The van der Waals surface area contributed by atoms with Crippen LogP contribution < -0.4 is 0 Å². The molecule has 0 aliphatic heterocycles. The Kier molecular flexibility index (Phi) is 2.87. The Morgan fingerprint density at radius 3 is 2.26 bits per heavy atom. The molecule has 19 heavy (non-hydrogen) atoms. The molecule has 0 aliphatic carbocycles. The van der Waals surface area contributed by atoms with Gasteiger partial charge in [0, 0.05) is 0 Å². The standard InChI is InChI=1S/C19H18/c1-13-8-9-14(2)18(12-13)19-15(3)10-11-16-6-4-5-7-17(16)19/h4-12H,1-3H3. The van der Waals surface area contributed by atoms with E-state index in [1.165, 1.54) is 38.6 Å². The summed E-state index contributed by atoms with van der Waals surface area (Å²) in [4.78, 5) is 0. The Morgan fingerprint density at radius 2 is 1.42 bits per heavy atom. The van der Waals surface area contributed by atoms with E-state index < -0.39 is 0 Å². The molecule has 0 saturated heterocycles. The van der Waals surface area contributed by atoms with Gasteiger partial charge < -0.3 is 0 Å². The zero-order valence-corrected chi connectivity index (χ0v) is 11.7. The molecule has 0 amide bonds. The maximum absolute atomic E-state index is 2.30. The van der Waals surface area contributed by atoms with Crippen LogP contribution in [0.25, 0.3) is 21.9 Å². The average molecular weight is 246 g/mol. The lowest BCUT2D eigenvalue weighted by Crippen LogP contribution is -1.90. The lowest BCUT2D eigenvalue weighted by atomic mass is 9.90. The van der Waals surface area contributed by atoms with E-state index in [9.17, 15) is 0 Å². The van der Waals surface area contributed by atoms with E-state index >= 15 is 0 Å². The summed E-state index contributed by atoms with van der Waals surface area (Å²) in [6.07, 6.45) is 0. The van der Waals surface area contributed by atoms with Crippen LogP contribution in [0.4, 0.5) is 0 Å². The van der Waals surface area contributed by atoms with Gasteiger partial charge in [-0.3, -0.25) is 0 Å². The van der Waals surface area contributed by atoms with Crippen LogP contribution in [0, 0.1) is 20.8 Å². The third-order valence-electron chi connectivity index (χ3n) is 3.80. The number of fused-ring (bicyclic) bond motifs is 1. The molecule has 0 heterocycles. The number of hydrogen-bond donors (Lipinski definition) is 0. The third kappa shape index (κ3) is 2.04. The monoisotopic (exact) mass is 246 g/mol. The highest BCUT2D eigenvalue weighted by atomic mass is 14.1. The predicted molar refractivity (Wildman–Crippen MR) is 83.6 cm³/mol. The minimum absolute atomic E-state index is 1.31. The Morgan fingerprint density at radius 1 is 0.684 bits per heavy atom. The van der Waals surface area contributed by atoms with Crippen LogP contribution >= 0.6 is 0 Å². The van der Waals surface area contributed by atoms with Gasteiger partial charge in [-0.1, -0.05) is 60.2 Å². The molecule has 0 unspecified atom stereocenters. The van der Waals surface area contributed by atoms with Gasteiger partial charge in [-0.05, 0) is 53.8 Å². The summed E-state index contributed by atoms with van der Waals surface area (Å²) in [5.74, 6) is 0. The molecule has 0 aromatic heterocycles. The lowest BCUT2D eigenvalue weighted by Gasteiger charge is -2.14. The van der Waals surface area contributed by atoms with Gasteiger partial charge in [-0.25, -0.2) is 0 Å². The molecule has 0 N–H and O–H groups in total. The molecular weight excluding hydrogens is 228 g/mol. The summed E-state index contributed by atoms with van der Waals surface area (Å²) in [6, 6.07) is 19.7. The van der Waals surface area contributed by atoms with E-state index in [0.717, 1.165) is 0 Å². The molecule has 94 valence electrons. The van der Waals surface area contributed by atoms with Crippen LogP contribution in [0.1, 0.15) is 16.7 Å². The van der Waals surface area contributed by atoms with Crippen molar-refractivity contribution in [2.75, 3.05) is 0 Å². The van der Waals surface area contributed by atoms with Crippen molar-refractivity contribution in [2.45, 2.75) is 20.8 Å². The average Bonchev–Trinajstić information content (AvgIpc) is 2.42. The fraction of sp³-hybridized carbons (Fsp3) is 0.158. The Balaban J connectivity index is 2.41. The minimum atomic E-state index is 1.31. The summed E-state index contributed by atoms with van der Waals surface area (Å²) < 4.78 is 0. The molecule has 0 radical (unpaired) electrons. The van der Waals surface area contributed by atoms with Gasteiger partial charge in [-0.15, -0.1) is 0 Å². The molecule has 0 fully saturated rings. The van der Waals surface area contributed by atoms with Crippen molar-refractivity contribution in [1.82, 2.24) is 0 Å². The van der Waals surface area contributed by atoms with Crippen molar-refractivity contribution in [3.8, 4) is 11.1 Å². The first-order valence-corrected chi connectivity index (χ1v) is 6.73. The highest BCUT2D eigenvalue weighted by Crippen LogP contribution is 2.34. The molecule has 3 rings (SSSR count). The topological polar surface area (TPSA) is 0 Å². The first-order chi connectivity index (χ1) is 9.16. The van der Waals surface area contributed by atoms with Crippen molar-refractivity contribution in [3.63, 3.8) is 0 Å². The second kappa shape index (κ2) is 4.55. The summed E-state index contributed by atoms with van der Waals surface area (Å²) in [7, 11) is 0. The Labute approximate surface area is 114 Å². The lowest BCUT2D eigenvalue weighted by molar-refractivity contribution is 1.38. The molecule has 0 nitrogen and oxygen atoms in total. The van der Waals surface area contributed by atoms with Crippen molar-refractivity contribution in [3.05, 3.63) is 71.3 Å². The van der Waals surface area contributed by atoms with Crippen molar-refractivity contribution in [1.29, 1.82) is 0 Å². The molecular formula is C19H18. The number of aryl methyl sites for hydroxylation is 3. The van der Waals surface area contributed by atoms with Crippen LogP contribution in [0.3, 0.4) is 0 Å². The molecule has 3 aromatic rings.